The fourth-order valence-electron chi connectivity index (χ4n) is 5.15. The second-order valence-electron chi connectivity index (χ2n) is 10.2. The summed E-state index contributed by atoms with van der Waals surface area (Å²) < 4.78 is 34.3. The molecule has 2 aliphatic rings. The first-order valence-electron chi connectivity index (χ1n) is 13.3. The fourth-order valence-corrected chi connectivity index (χ4v) is 6.13. The molecule has 2 heterocycles. The Morgan fingerprint density at radius 2 is 1.78 bits per heavy atom. The number of carbonyl (C=O) groups excluding carboxylic acids is 1. The van der Waals surface area contributed by atoms with Crippen molar-refractivity contribution in [3.8, 4) is 11.5 Å². The van der Waals surface area contributed by atoms with Crippen LogP contribution in [0.2, 0.25) is 0 Å². The number of piperidine rings is 1. The van der Waals surface area contributed by atoms with Gasteiger partial charge in [0.25, 0.3) is 21.6 Å². The summed E-state index contributed by atoms with van der Waals surface area (Å²) in [5, 5.41) is 22.6. The maximum Gasteiger partial charge on any atom is 0.293 e. The Balaban J connectivity index is 1.19. The van der Waals surface area contributed by atoms with Gasteiger partial charge < -0.3 is 15.0 Å². The molecule has 0 bridgehead atoms. The first-order chi connectivity index (χ1) is 19.8. The molecule has 1 saturated carbocycles. The molecule has 0 radical (unpaired) electrons. The number of aromatic amines is 1. The summed E-state index contributed by atoms with van der Waals surface area (Å²) in [6, 6.07) is 15.8. The van der Waals surface area contributed by atoms with Crippen molar-refractivity contribution in [1.82, 2.24) is 19.8 Å². The molecule has 1 aromatic heterocycles. The topological polar surface area (TPSA) is 160 Å². The van der Waals surface area contributed by atoms with E-state index in [2.05, 4.69) is 20.4 Å². The molecule has 4 aromatic rings. The molecule has 0 atom stereocenters. The summed E-state index contributed by atoms with van der Waals surface area (Å²) in [6.45, 7) is 1.86. The SMILES string of the molecule is O=C(NS(=O)(=O)c1ccc(NC2CCN(C3CC3)CC2)c([N+](=O)[O-])c1)c1ccccc1Oc1cccc2[nH]ncc12. The highest BCUT2D eigenvalue weighted by Gasteiger charge is 2.32. The summed E-state index contributed by atoms with van der Waals surface area (Å²) in [7, 11) is -4.45. The van der Waals surface area contributed by atoms with Crippen LogP contribution in [-0.4, -0.2) is 59.5 Å². The van der Waals surface area contributed by atoms with E-state index >= 15 is 0 Å². The van der Waals surface area contributed by atoms with Gasteiger partial charge in [-0.15, -0.1) is 0 Å². The Bertz CT molecular complexity index is 1730. The average molecular weight is 577 g/mol. The number of amides is 1. The van der Waals surface area contributed by atoms with Crippen LogP contribution < -0.4 is 14.8 Å². The Morgan fingerprint density at radius 1 is 1.02 bits per heavy atom. The number of hydrogen-bond acceptors (Lipinski definition) is 9. The van der Waals surface area contributed by atoms with E-state index in [-0.39, 0.29) is 28.7 Å². The normalized spacial score (nSPS) is 16.4. The van der Waals surface area contributed by atoms with Crippen molar-refractivity contribution >= 4 is 38.2 Å². The van der Waals surface area contributed by atoms with Crippen LogP contribution in [0.15, 0.2) is 71.8 Å². The average Bonchev–Trinajstić information content (AvgIpc) is 3.70. The minimum Gasteiger partial charge on any atom is -0.456 e. The largest absolute Gasteiger partial charge is 0.456 e. The zero-order chi connectivity index (χ0) is 28.6. The van der Waals surface area contributed by atoms with Crippen molar-refractivity contribution in [3.05, 3.63) is 82.5 Å². The van der Waals surface area contributed by atoms with Gasteiger partial charge in [0.05, 0.1) is 32.5 Å². The van der Waals surface area contributed by atoms with E-state index < -0.39 is 25.7 Å². The molecule has 1 aliphatic heterocycles. The predicted molar refractivity (Wildman–Crippen MR) is 152 cm³/mol. The molecular weight excluding hydrogens is 548 g/mol. The van der Waals surface area contributed by atoms with Gasteiger partial charge >= 0.3 is 0 Å². The molecule has 1 aliphatic carbocycles. The molecule has 0 spiro atoms. The monoisotopic (exact) mass is 576 g/mol. The van der Waals surface area contributed by atoms with Gasteiger partial charge in [-0.25, -0.2) is 13.1 Å². The number of nitro groups is 1. The lowest BCUT2D eigenvalue weighted by atomic mass is 10.0. The van der Waals surface area contributed by atoms with Crippen LogP contribution in [0.3, 0.4) is 0 Å². The smallest absolute Gasteiger partial charge is 0.293 e. The molecule has 1 saturated heterocycles. The maximum absolute atomic E-state index is 13.2. The number of hydrogen-bond donors (Lipinski definition) is 3. The number of para-hydroxylation sites is 1. The molecule has 1 amide bonds. The van der Waals surface area contributed by atoms with Gasteiger partial charge in [-0.05, 0) is 62.1 Å². The fraction of sp³-hybridized carbons (Fsp3) is 0.286. The van der Waals surface area contributed by atoms with Crippen molar-refractivity contribution in [2.75, 3.05) is 18.4 Å². The zero-order valence-corrected chi connectivity index (χ0v) is 22.8. The van der Waals surface area contributed by atoms with Crippen molar-refractivity contribution in [1.29, 1.82) is 0 Å². The van der Waals surface area contributed by atoms with Crippen LogP contribution in [0, 0.1) is 10.1 Å². The second kappa shape index (κ2) is 10.8. The van der Waals surface area contributed by atoms with E-state index in [1.54, 1.807) is 36.5 Å². The summed E-state index contributed by atoms with van der Waals surface area (Å²) in [5.41, 5.74) is 0.580. The Morgan fingerprint density at radius 3 is 2.54 bits per heavy atom. The molecular formula is C28H28N6O6S. The van der Waals surface area contributed by atoms with Gasteiger partial charge in [-0.2, -0.15) is 5.10 Å². The van der Waals surface area contributed by atoms with Crippen molar-refractivity contribution in [2.24, 2.45) is 0 Å². The number of H-pyrrole nitrogens is 1. The molecule has 41 heavy (non-hydrogen) atoms. The van der Waals surface area contributed by atoms with E-state index in [4.69, 9.17) is 4.74 Å². The van der Waals surface area contributed by atoms with Gasteiger partial charge in [0.2, 0.25) is 0 Å². The highest BCUT2D eigenvalue weighted by atomic mass is 32.2. The van der Waals surface area contributed by atoms with Crippen LogP contribution >= 0.6 is 0 Å². The van der Waals surface area contributed by atoms with Crippen LogP contribution in [-0.2, 0) is 10.0 Å². The first-order valence-corrected chi connectivity index (χ1v) is 14.8. The Labute approximate surface area is 235 Å². The van der Waals surface area contributed by atoms with E-state index in [1.807, 2.05) is 10.8 Å². The Kier molecular flexibility index (Phi) is 7.05. The number of anilines is 1. The van der Waals surface area contributed by atoms with E-state index in [9.17, 15) is 23.3 Å². The highest BCUT2D eigenvalue weighted by Crippen LogP contribution is 2.34. The summed E-state index contributed by atoms with van der Waals surface area (Å²) >= 11 is 0. The lowest BCUT2D eigenvalue weighted by Crippen LogP contribution is -2.40. The van der Waals surface area contributed by atoms with Crippen LogP contribution in [0.5, 0.6) is 11.5 Å². The van der Waals surface area contributed by atoms with Crippen molar-refractivity contribution < 1.29 is 22.9 Å². The van der Waals surface area contributed by atoms with Crippen LogP contribution in [0.25, 0.3) is 10.9 Å². The van der Waals surface area contributed by atoms with Gasteiger partial charge in [0, 0.05) is 31.2 Å². The first kappa shape index (κ1) is 26.7. The van der Waals surface area contributed by atoms with Gasteiger partial charge in [-0.1, -0.05) is 18.2 Å². The number of nitro benzene ring substituents is 1. The number of carbonyl (C=O) groups is 1. The number of fused-ring (bicyclic) bond motifs is 1. The Hall–Kier alpha value is -4.49. The van der Waals surface area contributed by atoms with Crippen molar-refractivity contribution in [3.63, 3.8) is 0 Å². The van der Waals surface area contributed by atoms with Crippen molar-refractivity contribution in [2.45, 2.75) is 42.7 Å². The number of likely N-dealkylation sites (tertiary alicyclic amines) is 1. The maximum atomic E-state index is 13.2. The summed E-state index contributed by atoms with van der Waals surface area (Å²) in [5.74, 6) is -0.379. The molecule has 3 aromatic carbocycles. The third kappa shape index (κ3) is 5.72. The minimum absolute atomic E-state index is 0.0260. The van der Waals surface area contributed by atoms with E-state index in [0.717, 1.165) is 37.5 Å². The number of nitrogens with zero attached hydrogens (tertiary/aromatic N) is 3. The molecule has 6 rings (SSSR count). The number of aromatic nitrogens is 2. The zero-order valence-electron chi connectivity index (χ0n) is 21.9. The molecule has 212 valence electrons. The molecule has 13 heteroatoms. The molecule has 0 unspecified atom stereocenters. The molecule has 12 nitrogen and oxygen atoms in total. The second-order valence-corrected chi connectivity index (χ2v) is 11.9. The van der Waals surface area contributed by atoms with Gasteiger partial charge in [-0.3, -0.25) is 20.0 Å². The van der Waals surface area contributed by atoms with Gasteiger partial charge in [0.15, 0.2) is 0 Å². The number of ether oxygens (including phenoxy) is 1. The van der Waals surface area contributed by atoms with E-state index in [1.165, 1.54) is 31.0 Å². The quantitative estimate of drug-likeness (QED) is 0.194. The van der Waals surface area contributed by atoms with Gasteiger partial charge in [0.1, 0.15) is 17.2 Å². The van der Waals surface area contributed by atoms with Crippen LogP contribution in [0.1, 0.15) is 36.0 Å². The summed E-state index contributed by atoms with van der Waals surface area (Å²) in [4.78, 5) is 26.5. The third-order valence-electron chi connectivity index (χ3n) is 7.45. The number of nitrogens with one attached hydrogen (secondary N) is 3. The lowest BCUT2D eigenvalue weighted by Gasteiger charge is -2.32. The highest BCUT2D eigenvalue weighted by molar-refractivity contribution is 7.90. The standard InChI is InChI=1S/C28H28N6O6S/c35-28(21-4-1-2-6-26(21)40-27-7-3-5-23-22(27)17-29-31-23)32-41(38,39)20-10-11-24(25(16-20)34(36)37)30-18-12-14-33(15-13-18)19-8-9-19/h1-7,10-11,16-19,30H,8-9,12-15H2,(H,29,31)(H,32,35). The summed E-state index contributed by atoms with van der Waals surface area (Å²) in [6.07, 6.45) is 5.74. The lowest BCUT2D eigenvalue weighted by molar-refractivity contribution is -0.384. The van der Waals surface area contributed by atoms with Crippen LogP contribution in [0.4, 0.5) is 11.4 Å². The molecule has 3 N–H and O–H groups in total. The third-order valence-corrected chi connectivity index (χ3v) is 8.78. The number of rotatable bonds is 9. The minimum atomic E-state index is -4.45. The molecule has 2 fully saturated rings. The number of sulfonamides is 1. The predicted octanol–water partition coefficient (Wildman–Crippen LogP) is 4.42. The number of benzene rings is 3. The van der Waals surface area contributed by atoms with E-state index in [0.29, 0.717) is 17.2 Å².